The first-order chi connectivity index (χ1) is 11.4. The van der Waals surface area contributed by atoms with Crippen LogP contribution in [0.25, 0.3) is 0 Å². The van der Waals surface area contributed by atoms with E-state index in [1.165, 1.54) is 33.9 Å². The fraction of sp³-hybridized carbons (Fsp3) is 0.182. The number of benzene rings is 3. The van der Waals surface area contributed by atoms with Crippen LogP contribution in [0.4, 0.5) is 0 Å². The Bertz CT molecular complexity index is 608. The van der Waals surface area contributed by atoms with Crippen molar-refractivity contribution in [2.75, 3.05) is 0 Å². The van der Waals surface area contributed by atoms with Gasteiger partial charge in [0.1, 0.15) is 0 Å². The molecule has 0 atom stereocenters. The molecular weight excluding hydrogens is 386 g/mol. The second-order valence-electron chi connectivity index (χ2n) is 5.96. The Morgan fingerprint density at radius 3 is 1.22 bits per heavy atom. The molecule has 0 N–H and O–H groups in total. The summed E-state index contributed by atoms with van der Waals surface area (Å²) in [6, 6.07) is 33.0. The fourth-order valence-electron chi connectivity index (χ4n) is 3.49. The predicted octanol–water partition coefficient (Wildman–Crippen LogP) is 4.58. The molecule has 0 saturated heterocycles. The summed E-state index contributed by atoms with van der Waals surface area (Å²) < 4.78 is 1.37. The molecule has 0 spiro atoms. The Hall–Kier alpha value is -1.52. The summed E-state index contributed by atoms with van der Waals surface area (Å²) in [5, 5.41) is 0. The molecule has 23 heavy (non-hydrogen) atoms. The SMILES string of the molecule is [SbH3][CH2]CCC(c1ccccc1)(c1ccccc1)c1ccccc1. The van der Waals surface area contributed by atoms with E-state index in [9.17, 15) is 0 Å². The van der Waals surface area contributed by atoms with E-state index in [2.05, 4.69) is 91.0 Å². The Kier molecular flexibility index (Phi) is 5.57. The van der Waals surface area contributed by atoms with Gasteiger partial charge in [-0.3, -0.25) is 0 Å². The van der Waals surface area contributed by atoms with Crippen LogP contribution in [0.5, 0.6) is 0 Å². The Balaban J connectivity index is 2.25. The third-order valence-electron chi connectivity index (χ3n) is 4.60. The first kappa shape index (κ1) is 16.3. The van der Waals surface area contributed by atoms with Crippen molar-refractivity contribution in [1.29, 1.82) is 0 Å². The van der Waals surface area contributed by atoms with Crippen LogP contribution >= 0.6 is 0 Å². The van der Waals surface area contributed by atoms with Gasteiger partial charge in [-0.05, 0) is 0 Å². The average molecular weight is 410 g/mol. The fourth-order valence-corrected chi connectivity index (χ4v) is 4.20. The van der Waals surface area contributed by atoms with E-state index in [-0.39, 0.29) is 5.41 Å². The second-order valence-corrected chi connectivity index (χ2v) is 7.98. The quantitative estimate of drug-likeness (QED) is 0.412. The van der Waals surface area contributed by atoms with Crippen molar-refractivity contribution in [3.63, 3.8) is 0 Å². The number of hydrogen-bond donors (Lipinski definition) is 0. The van der Waals surface area contributed by atoms with E-state index in [1.807, 2.05) is 0 Å². The first-order valence-corrected chi connectivity index (χ1v) is 11.2. The molecule has 0 aliphatic rings. The van der Waals surface area contributed by atoms with Crippen LogP contribution in [0.15, 0.2) is 91.0 Å². The van der Waals surface area contributed by atoms with Crippen LogP contribution in [0, 0.1) is 0 Å². The summed E-state index contributed by atoms with van der Waals surface area (Å²) in [5.74, 6) is 0. The Labute approximate surface area is 153 Å². The van der Waals surface area contributed by atoms with Crippen molar-refractivity contribution >= 4 is 23.0 Å². The van der Waals surface area contributed by atoms with Crippen molar-refractivity contribution < 1.29 is 0 Å². The van der Waals surface area contributed by atoms with Crippen LogP contribution in [-0.4, -0.2) is 23.0 Å². The van der Waals surface area contributed by atoms with Gasteiger partial charge in [-0.1, -0.05) is 0 Å². The van der Waals surface area contributed by atoms with Gasteiger partial charge in [-0.25, -0.2) is 0 Å². The van der Waals surface area contributed by atoms with Gasteiger partial charge in [-0.15, -0.1) is 0 Å². The van der Waals surface area contributed by atoms with Crippen LogP contribution in [0.3, 0.4) is 0 Å². The molecule has 117 valence electrons. The number of hydrogen-bond acceptors (Lipinski definition) is 0. The van der Waals surface area contributed by atoms with E-state index < -0.39 is 0 Å². The van der Waals surface area contributed by atoms with Crippen molar-refractivity contribution in [2.24, 2.45) is 0 Å². The molecule has 0 aromatic heterocycles. The minimum absolute atomic E-state index is 0.0425. The Morgan fingerprint density at radius 1 is 0.565 bits per heavy atom. The van der Waals surface area contributed by atoms with Gasteiger partial charge in [0.15, 0.2) is 0 Å². The molecule has 0 nitrogen and oxygen atoms in total. The Morgan fingerprint density at radius 2 is 0.913 bits per heavy atom. The third kappa shape index (κ3) is 3.38. The monoisotopic (exact) mass is 409 g/mol. The van der Waals surface area contributed by atoms with Crippen LogP contribution < -0.4 is 0 Å². The molecule has 0 unspecified atom stereocenters. The zero-order valence-electron chi connectivity index (χ0n) is 13.5. The first-order valence-electron chi connectivity index (χ1n) is 8.34. The minimum atomic E-state index is -0.0425. The van der Waals surface area contributed by atoms with Gasteiger partial charge in [0.25, 0.3) is 0 Å². The molecule has 1 radical (unpaired) electrons. The summed E-state index contributed by atoms with van der Waals surface area (Å²) in [6.07, 6.45) is 2.45. The summed E-state index contributed by atoms with van der Waals surface area (Å²) in [5.41, 5.74) is 4.16. The predicted molar refractivity (Wildman–Crippen MR) is 103 cm³/mol. The molecule has 0 fully saturated rings. The number of rotatable bonds is 6. The van der Waals surface area contributed by atoms with Crippen molar-refractivity contribution in [3.05, 3.63) is 108 Å². The van der Waals surface area contributed by atoms with E-state index in [0.29, 0.717) is 0 Å². The van der Waals surface area contributed by atoms with E-state index in [0.717, 1.165) is 23.0 Å². The zero-order valence-corrected chi connectivity index (χ0v) is 17.5. The molecule has 3 aromatic carbocycles. The second kappa shape index (κ2) is 7.84. The van der Waals surface area contributed by atoms with Crippen molar-refractivity contribution in [2.45, 2.75) is 22.6 Å². The van der Waals surface area contributed by atoms with Crippen LogP contribution in [0.2, 0.25) is 4.37 Å². The van der Waals surface area contributed by atoms with Gasteiger partial charge in [-0.2, -0.15) is 0 Å². The maximum absolute atomic E-state index is 2.29. The molecule has 0 aliphatic carbocycles. The molecule has 3 rings (SSSR count). The molecular formula is C22H24Sb. The van der Waals surface area contributed by atoms with Crippen molar-refractivity contribution in [3.8, 4) is 0 Å². The van der Waals surface area contributed by atoms with Gasteiger partial charge < -0.3 is 0 Å². The van der Waals surface area contributed by atoms with Gasteiger partial charge in [0, 0.05) is 0 Å². The van der Waals surface area contributed by atoms with Crippen LogP contribution in [-0.2, 0) is 5.41 Å². The molecule has 0 saturated carbocycles. The van der Waals surface area contributed by atoms with E-state index in [1.54, 1.807) is 0 Å². The van der Waals surface area contributed by atoms with Gasteiger partial charge in [0.05, 0.1) is 0 Å². The van der Waals surface area contributed by atoms with Gasteiger partial charge in [0.2, 0.25) is 0 Å². The topological polar surface area (TPSA) is 0 Å². The average Bonchev–Trinajstić information content (AvgIpc) is 2.65. The normalized spacial score (nSPS) is 11.5. The van der Waals surface area contributed by atoms with E-state index >= 15 is 0 Å². The molecule has 0 amide bonds. The summed E-state index contributed by atoms with van der Waals surface area (Å²) >= 11 is 1.05. The van der Waals surface area contributed by atoms with E-state index in [4.69, 9.17) is 0 Å². The van der Waals surface area contributed by atoms with Crippen LogP contribution in [0.1, 0.15) is 29.5 Å². The van der Waals surface area contributed by atoms with Gasteiger partial charge >= 0.3 is 153 Å². The standard InChI is InChI=1S/C22H21.Sb.3H/c1-2-18-22(19-12-6-3-7-13-19,20-14-8-4-9-15-20)21-16-10-5-11-17-21;;;;/h3-17H,1-2,18H2;;;;. The molecule has 0 aliphatic heterocycles. The molecule has 0 heterocycles. The zero-order chi connectivity index (χ0) is 16.0. The van der Waals surface area contributed by atoms with Crippen molar-refractivity contribution in [1.82, 2.24) is 0 Å². The molecule has 0 bridgehead atoms. The summed E-state index contributed by atoms with van der Waals surface area (Å²) in [4.78, 5) is 0. The summed E-state index contributed by atoms with van der Waals surface area (Å²) in [7, 11) is 0. The summed E-state index contributed by atoms with van der Waals surface area (Å²) in [6.45, 7) is 0. The molecule has 1 heteroatoms. The maximum atomic E-state index is 2.29. The third-order valence-corrected chi connectivity index (χ3v) is 6.03. The molecule has 3 aromatic rings.